The molecule has 0 radical (unpaired) electrons. The number of rotatable bonds is 3. The van der Waals surface area contributed by atoms with E-state index in [1.54, 1.807) is 0 Å². The van der Waals surface area contributed by atoms with Gasteiger partial charge in [-0.25, -0.2) is 4.98 Å². The van der Waals surface area contributed by atoms with E-state index < -0.39 is 0 Å². The Morgan fingerprint density at radius 3 is 2.58 bits per heavy atom. The maximum atomic E-state index is 5.41. The molecule has 0 aromatic carbocycles. The summed E-state index contributed by atoms with van der Waals surface area (Å²) in [6.07, 6.45) is 3.96. The summed E-state index contributed by atoms with van der Waals surface area (Å²) < 4.78 is 5.41. The van der Waals surface area contributed by atoms with E-state index in [-0.39, 0.29) is 0 Å². The molecule has 68 valence electrons. The Labute approximate surface area is 74.0 Å². The summed E-state index contributed by atoms with van der Waals surface area (Å²) in [4.78, 5) is 4.07. The molecule has 0 aliphatic rings. The number of oxazole rings is 1. The van der Waals surface area contributed by atoms with Gasteiger partial charge in [-0.15, -0.1) is 0 Å². The Bertz CT molecular complexity index is 250. The van der Waals surface area contributed by atoms with Gasteiger partial charge in [-0.3, -0.25) is 0 Å². The lowest BCUT2D eigenvalue weighted by Crippen LogP contribution is -2.12. The molecule has 1 rings (SSSR count). The van der Waals surface area contributed by atoms with Crippen molar-refractivity contribution in [2.75, 3.05) is 0 Å². The monoisotopic (exact) mass is 167 g/mol. The van der Waals surface area contributed by atoms with Crippen LogP contribution in [0, 0.1) is 12.3 Å². The van der Waals surface area contributed by atoms with Crippen molar-refractivity contribution in [3.63, 3.8) is 0 Å². The minimum absolute atomic E-state index is 0.325. The van der Waals surface area contributed by atoms with E-state index in [0.29, 0.717) is 5.41 Å². The summed E-state index contributed by atoms with van der Waals surface area (Å²) in [6.45, 7) is 8.56. The minimum Gasteiger partial charge on any atom is -0.446 e. The Balaban J connectivity index is 2.63. The van der Waals surface area contributed by atoms with E-state index in [1.807, 2.05) is 13.1 Å². The zero-order valence-corrected chi connectivity index (χ0v) is 8.35. The number of aryl methyl sites for hydroxylation is 1. The van der Waals surface area contributed by atoms with Crippen molar-refractivity contribution in [3.05, 3.63) is 17.8 Å². The third kappa shape index (κ3) is 2.36. The first-order valence-corrected chi connectivity index (χ1v) is 4.45. The summed E-state index contributed by atoms with van der Waals surface area (Å²) in [6, 6.07) is 0. The predicted octanol–water partition coefficient (Wildman–Crippen LogP) is 2.96. The number of aromatic nitrogens is 1. The fraction of sp³-hybridized carbons (Fsp3) is 0.700. The zero-order valence-electron chi connectivity index (χ0n) is 8.35. The second-order valence-electron chi connectivity index (χ2n) is 4.04. The molecule has 0 bridgehead atoms. The maximum absolute atomic E-state index is 5.41. The van der Waals surface area contributed by atoms with Crippen LogP contribution >= 0.6 is 0 Å². The summed E-state index contributed by atoms with van der Waals surface area (Å²) >= 11 is 0. The molecule has 0 aliphatic carbocycles. The van der Waals surface area contributed by atoms with Crippen LogP contribution in [0.1, 0.15) is 38.8 Å². The van der Waals surface area contributed by atoms with E-state index in [9.17, 15) is 0 Å². The maximum Gasteiger partial charge on any atom is 0.191 e. The van der Waals surface area contributed by atoms with Crippen LogP contribution in [-0.4, -0.2) is 4.98 Å². The largest absolute Gasteiger partial charge is 0.446 e. The minimum atomic E-state index is 0.325. The highest BCUT2D eigenvalue weighted by Crippen LogP contribution is 2.25. The molecule has 2 nitrogen and oxygen atoms in total. The van der Waals surface area contributed by atoms with Crippen molar-refractivity contribution < 1.29 is 4.42 Å². The topological polar surface area (TPSA) is 26.0 Å². The van der Waals surface area contributed by atoms with Crippen molar-refractivity contribution in [1.82, 2.24) is 4.98 Å². The average molecular weight is 167 g/mol. The van der Waals surface area contributed by atoms with Gasteiger partial charge >= 0.3 is 0 Å². The highest BCUT2D eigenvalue weighted by Gasteiger charge is 2.17. The number of hydrogen-bond acceptors (Lipinski definition) is 2. The van der Waals surface area contributed by atoms with E-state index in [1.165, 1.54) is 0 Å². The average Bonchev–Trinajstić information content (AvgIpc) is 2.35. The molecular formula is C10H17NO. The first kappa shape index (κ1) is 9.30. The van der Waals surface area contributed by atoms with Gasteiger partial charge in [0.05, 0.1) is 6.20 Å². The molecule has 0 aliphatic heterocycles. The Hall–Kier alpha value is -0.790. The molecular weight excluding hydrogens is 150 g/mol. The molecule has 1 heterocycles. The Morgan fingerprint density at radius 2 is 2.17 bits per heavy atom. The van der Waals surface area contributed by atoms with Crippen LogP contribution in [0.25, 0.3) is 0 Å². The Kier molecular flexibility index (Phi) is 2.55. The SMILES string of the molecule is CCC(C)(C)Cc1cnc(C)o1. The molecule has 0 N–H and O–H groups in total. The van der Waals surface area contributed by atoms with Crippen molar-refractivity contribution in [2.45, 2.75) is 40.5 Å². The second kappa shape index (κ2) is 3.30. The lowest BCUT2D eigenvalue weighted by molar-refractivity contribution is 0.313. The van der Waals surface area contributed by atoms with Crippen LogP contribution < -0.4 is 0 Å². The van der Waals surface area contributed by atoms with Gasteiger partial charge in [-0.05, 0) is 5.41 Å². The summed E-state index contributed by atoms with van der Waals surface area (Å²) in [5.41, 5.74) is 0.325. The van der Waals surface area contributed by atoms with E-state index in [4.69, 9.17) is 4.42 Å². The van der Waals surface area contributed by atoms with Crippen molar-refractivity contribution in [3.8, 4) is 0 Å². The molecule has 2 heteroatoms. The molecule has 0 saturated carbocycles. The van der Waals surface area contributed by atoms with Crippen molar-refractivity contribution >= 4 is 0 Å². The van der Waals surface area contributed by atoms with Crippen molar-refractivity contribution in [2.24, 2.45) is 5.41 Å². The predicted molar refractivity (Wildman–Crippen MR) is 49.0 cm³/mol. The molecule has 0 fully saturated rings. The van der Waals surface area contributed by atoms with Gasteiger partial charge < -0.3 is 4.42 Å². The first-order chi connectivity index (χ1) is 5.53. The summed E-state index contributed by atoms with van der Waals surface area (Å²) in [5.74, 6) is 1.76. The zero-order chi connectivity index (χ0) is 9.19. The normalized spacial score (nSPS) is 12.0. The molecule has 1 aromatic heterocycles. The van der Waals surface area contributed by atoms with Gasteiger partial charge in [0, 0.05) is 13.3 Å². The summed E-state index contributed by atoms with van der Waals surface area (Å²) in [7, 11) is 0. The summed E-state index contributed by atoms with van der Waals surface area (Å²) in [5, 5.41) is 0. The van der Waals surface area contributed by atoms with E-state index in [0.717, 1.165) is 24.5 Å². The van der Waals surface area contributed by atoms with Crippen LogP contribution in [0.4, 0.5) is 0 Å². The fourth-order valence-electron chi connectivity index (χ4n) is 1.08. The van der Waals surface area contributed by atoms with Gasteiger partial charge in [0.2, 0.25) is 0 Å². The van der Waals surface area contributed by atoms with Crippen molar-refractivity contribution in [1.29, 1.82) is 0 Å². The lowest BCUT2D eigenvalue weighted by atomic mass is 9.86. The molecule has 1 aromatic rings. The molecule has 0 atom stereocenters. The van der Waals surface area contributed by atoms with Gasteiger partial charge in [0.1, 0.15) is 5.76 Å². The van der Waals surface area contributed by atoms with E-state index in [2.05, 4.69) is 25.8 Å². The van der Waals surface area contributed by atoms with Gasteiger partial charge in [-0.1, -0.05) is 27.2 Å². The first-order valence-electron chi connectivity index (χ1n) is 4.45. The fourth-order valence-corrected chi connectivity index (χ4v) is 1.08. The van der Waals surface area contributed by atoms with Crippen LogP contribution in [0.5, 0.6) is 0 Å². The van der Waals surface area contributed by atoms with Crippen LogP contribution in [0.2, 0.25) is 0 Å². The number of hydrogen-bond donors (Lipinski definition) is 0. The quantitative estimate of drug-likeness (QED) is 0.691. The van der Waals surface area contributed by atoms with Crippen LogP contribution in [0.15, 0.2) is 10.6 Å². The van der Waals surface area contributed by atoms with Crippen LogP contribution in [-0.2, 0) is 6.42 Å². The third-order valence-electron chi connectivity index (χ3n) is 2.28. The molecule has 12 heavy (non-hydrogen) atoms. The molecule has 0 spiro atoms. The highest BCUT2D eigenvalue weighted by atomic mass is 16.3. The molecule has 0 saturated heterocycles. The smallest absolute Gasteiger partial charge is 0.191 e. The molecule has 0 unspecified atom stereocenters. The van der Waals surface area contributed by atoms with Crippen LogP contribution in [0.3, 0.4) is 0 Å². The lowest BCUT2D eigenvalue weighted by Gasteiger charge is -2.20. The molecule has 0 amide bonds. The van der Waals surface area contributed by atoms with E-state index >= 15 is 0 Å². The third-order valence-corrected chi connectivity index (χ3v) is 2.28. The van der Waals surface area contributed by atoms with Gasteiger partial charge in [0.15, 0.2) is 5.89 Å². The Morgan fingerprint density at radius 1 is 1.50 bits per heavy atom. The van der Waals surface area contributed by atoms with Gasteiger partial charge in [-0.2, -0.15) is 0 Å². The second-order valence-corrected chi connectivity index (χ2v) is 4.04. The van der Waals surface area contributed by atoms with Gasteiger partial charge in [0.25, 0.3) is 0 Å². The standard InChI is InChI=1S/C10H17NO/c1-5-10(3,4)6-9-7-11-8(2)12-9/h7H,5-6H2,1-4H3. The number of nitrogens with zero attached hydrogens (tertiary/aromatic N) is 1. The highest BCUT2D eigenvalue weighted by molar-refractivity contribution is 4.96.